The van der Waals surface area contributed by atoms with Crippen LogP contribution >= 0.6 is 23.2 Å². The standard InChI is InChI=1S/C20H20Cl2N2O3/c1-2-9-27-16-6-4-15(5-7-16)24-12-13(10-19(24)25)20(26)23-18-8-3-14(21)11-17(18)22/h3-8,11,13H,2,9-10,12H2,1H3,(H,23,26). The molecule has 7 heteroatoms. The number of nitrogens with zero attached hydrogens (tertiary/aromatic N) is 1. The fourth-order valence-corrected chi connectivity index (χ4v) is 3.36. The van der Waals surface area contributed by atoms with Crippen molar-refractivity contribution in [2.24, 2.45) is 5.92 Å². The first kappa shape index (κ1) is 19.5. The zero-order chi connectivity index (χ0) is 19.4. The number of carbonyl (C=O) groups excluding carboxylic acids is 2. The molecule has 5 nitrogen and oxygen atoms in total. The van der Waals surface area contributed by atoms with Crippen LogP contribution in [-0.4, -0.2) is 25.0 Å². The Kier molecular flexibility index (Phi) is 6.24. The summed E-state index contributed by atoms with van der Waals surface area (Å²) in [7, 11) is 0. The highest BCUT2D eigenvalue weighted by molar-refractivity contribution is 6.36. The van der Waals surface area contributed by atoms with Crippen LogP contribution in [0.15, 0.2) is 42.5 Å². The second kappa shape index (κ2) is 8.63. The van der Waals surface area contributed by atoms with Crippen molar-refractivity contribution in [3.63, 3.8) is 0 Å². The van der Waals surface area contributed by atoms with E-state index < -0.39 is 5.92 Å². The molecule has 0 spiro atoms. The summed E-state index contributed by atoms with van der Waals surface area (Å²) in [6.45, 7) is 3.02. The van der Waals surface area contributed by atoms with Crippen molar-refractivity contribution >= 4 is 46.4 Å². The number of amides is 2. The first-order valence-electron chi connectivity index (χ1n) is 8.77. The van der Waals surface area contributed by atoms with Gasteiger partial charge in [-0.1, -0.05) is 30.1 Å². The van der Waals surface area contributed by atoms with E-state index in [0.717, 1.165) is 17.9 Å². The van der Waals surface area contributed by atoms with Gasteiger partial charge in [0.25, 0.3) is 0 Å². The number of hydrogen-bond acceptors (Lipinski definition) is 3. The van der Waals surface area contributed by atoms with Crippen molar-refractivity contribution in [2.45, 2.75) is 19.8 Å². The highest BCUT2D eigenvalue weighted by Gasteiger charge is 2.35. The molecule has 0 aromatic heterocycles. The minimum Gasteiger partial charge on any atom is -0.494 e. The highest BCUT2D eigenvalue weighted by atomic mass is 35.5. The van der Waals surface area contributed by atoms with E-state index in [9.17, 15) is 9.59 Å². The van der Waals surface area contributed by atoms with Gasteiger partial charge in [-0.2, -0.15) is 0 Å². The zero-order valence-corrected chi connectivity index (χ0v) is 16.4. The summed E-state index contributed by atoms with van der Waals surface area (Å²) in [4.78, 5) is 26.5. The lowest BCUT2D eigenvalue weighted by atomic mass is 10.1. The third kappa shape index (κ3) is 4.73. The summed E-state index contributed by atoms with van der Waals surface area (Å²) in [5, 5.41) is 3.63. The summed E-state index contributed by atoms with van der Waals surface area (Å²) < 4.78 is 5.56. The summed E-state index contributed by atoms with van der Waals surface area (Å²) in [6.07, 6.45) is 1.09. The molecule has 1 fully saturated rings. The predicted molar refractivity (Wildman–Crippen MR) is 108 cm³/mol. The van der Waals surface area contributed by atoms with Crippen LogP contribution < -0.4 is 15.0 Å². The van der Waals surface area contributed by atoms with E-state index in [4.69, 9.17) is 27.9 Å². The summed E-state index contributed by atoms with van der Waals surface area (Å²) in [5.41, 5.74) is 1.23. The Balaban J connectivity index is 1.65. The van der Waals surface area contributed by atoms with E-state index >= 15 is 0 Å². The molecule has 2 aromatic carbocycles. The number of ether oxygens (including phenoxy) is 1. The molecule has 1 N–H and O–H groups in total. The molecule has 1 atom stereocenters. The van der Waals surface area contributed by atoms with Gasteiger partial charge in [0.1, 0.15) is 5.75 Å². The average molecular weight is 407 g/mol. The van der Waals surface area contributed by atoms with Gasteiger partial charge in [0.15, 0.2) is 0 Å². The maximum absolute atomic E-state index is 12.5. The predicted octanol–water partition coefficient (Wildman–Crippen LogP) is 4.77. The summed E-state index contributed by atoms with van der Waals surface area (Å²) in [6, 6.07) is 12.2. The monoisotopic (exact) mass is 406 g/mol. The number of rotatable bonds is 6. The topological polar surface area (TPSA) is 58.6 Å². The molecule has 142 valence electrons. The lowest BCUT2D eigenvalue weighted by Gasteiger charge is -2.17. The van der Waals surface area contributed by atoms with E-state index in [-0.39, 0.29) is 18.2 Å². The maximum atomic E-state index is 12.5. The van der Waals surface area contributed by atoms with Gasteiger partial charge in [-0.25, -0.2) is 0 Å². The molecule has 1 unspecified atom stereocenters. The van der Waals surface area contributed by atoms with E-state index in [2.05, 4.69) is 5.32 Å². The van der Waals surface area contributed by atoms with Gasteiger partial charge in [-0.05, 0) is 48.9 Å². The molecule has 0 saturated carbocycles. The van der Waals surface area contributed by atoms with Crippen molar-refractivity contribution in [2.75, 3.05) is 23.4 Å². The van der Waals surface area contributed by atoms with Crippen LogP contribution in [0.2, 0.25) is 10.0 Å². The Morgan fingerprint density at radius 2 is 1.96 bits per heavy atom. The SMILES string of the molecule is CCCOc1ccc(N2CC(C(=O)Nc3ccc(Cl)cc3Cl)CC2=O)cc1. The quantitative estimate of drug-likeness (QED) is 0.750. The van der Waals surface area contributed by atoms with Crippen molar-refractivity contribution in [1.29, 1.82) is 0 Å². The minimum atomic E-state index is -0.444. The van der Waals surface area contributed by atoms with Gasteiger partial charge in [0.2, 0.25) is 11.8 Å². The van der Waals surface area contributed by atoms with E-state index in [1.54, 1.807) is 23.1 Å². The second-order valence-corrected chi connectivity index (χ2v) is 7.20. The van der Waals surface area contributed by atoms with Crippen LogP contribution in [0.4, 0.5) is 11.4 Å². The number of benzene rings is 2. The highest BCUT2D eigenvalue weighted by Crippen LogP contribution is 2.29. The van der Waals surface area contributed by atoms with Crippen LogP contribution in [0.5, 0.6) is 5.75 Å². The number of hydrogen-bond donors (Lipinski definition) is 1. The molecule has 3 rings (SSSR count). The van der Waals surface area contributed by atoms with Crippen LogP contribution in [0, 0.1) is 5.92 Å². The lowest BCUT2D eigenvalue weighted by molar-refractivity contribution is -0.122. The second-order valence-electron chi connectivity index (χ2n) is 6.36. The first-order chi connectivity index (χ1) is 13.0. The van der Waals surface area contributed by atoms with Crippen molar-refractivity contribution in [3.05, 3.63) is 52.5 Å². The van der Waals surface area contributed by atoms with Crippen LogP contribution in [0.25, 0.3) is 0 Å². The minimum absolute atomic E-state index is 0.0837. The molecule has 1 heterocycles. The third-order valence-electron chi connectivity index (χ3n) is 4.31. The van der Waals surface area contributed by atoms with Gasteiger partial charge in [0, 0.05) is 23.7 Å². The maximum Gasteiger partial charge on any atom is 0.229 e. The van der Waals surface area contributed by atoms with Crippen LogP contribution in [0.1, 0.15) is 19.8 Å². The Morgan fingerprint density at radius 3 is 2.63 bits per heavy atom. The molecule has 1 aliphatic heterocycles. The molecule has 0 aliphatic carbocycles. The smallest absolute Gasteiger partial charge is 0.229 e. The van der Waals surface area contributed by atoms with Gasteiger partial charge < -0.3 is 15.0 Å². The Hall–Kier alpha value is -2.24. The summed E-state index contributed by atoms with van der Waals surface area (Å²) in [5.74, 6) is -0.00302. The number of anilines is 2. The fourth-order valence-electron chi connectivity index (χ4n) is 2.90. The number of halogens is 2. The summed E-state index contributed by atoms with van der Waals surface area (Å²) >= 11 is 12.0. The molecular formula is C20H20Cl2N2O3. The molecule has 0 bridgehead atoms. The third-order valence-corrected chi connectivity index (χ3v) is 4.85. The van der Waals surface area contributed by atoms with E-state index in [0.29, 0.717) is 28.9 Å². The average Bonchev–Trinajstić information content (AvgIpc) is 3.04. The fraction of sp³-hybridized carbons (Fsp3) is 0.300. The van der Waals surface area contributed by atoms with Gasteiger partial charge in [-0.3, -0.25) is 9.59 Å². The number of nitrogens with one attached hydrogen (secondary N) is 1. The van der Waals surface area contributed by atoms with Crippen molar-refractivity contribution in [3.8, 4) is 5.75 Å². The normalized spacial score (nSPS) is 16.5. The molecule has 1 aliphatic rings. The van der Waals surface area contributed by atoms with Crippen molar-refractivity contribution < 1.29 is 14.3 Å². The Morgan fingerprint density at radius 1 is 1.22 bits per heavy atom. The van der Waals surface area contributed by atoms with E-state index in [1.165, 1.54) is 0 Å². The molecule has 2 aromatic rings. The van der Waals surface area contributed by atoms with E-state index in [1.807, 2.05) is 31.2 Å². The zero-order valence-electron chi connectivity index (χ0n) is 14.9. The molecule has 0 radical (unpaired) electrons. The first-order valence-corrected chi connectivity index (χ1v) is 9.52. The Labute approximate surface area is 168 Å². The molecule has 2 amide bonds. The Bertz CT molecular complexity index is 840. The molecule has 27 heavy (non-hydrogen) atoms. The number of carbonyl (C=O) groups is 2. The molecule has 1 saturated heterocycles. The molecular weight excluding hydrogens is 387 g/mol. The van der Waals surface area contributed by atoms with Gasteiger partial charge in [-0.15, -0.1) is 0 Å². The van der Waals surface area contributed by atoms with Crippen LogP contribution in [-0.2, 0) is 9.59 Å². The van der Waals surface area contributed by atoms with Gasteiger partial charge >= 0.3 is 0 Å². The largest absolute Gasteiger partial charge is 0.494 e. The van der Waals surface area contributed by atoms with Gasteiger partial charge in [0.05, 0.1) is 23.2 Å². The van der Waals surface area contributed by atoms with Crippen molar-refractivity contribution in [1.82, 2.24) is 0 Å². The van der Waals surface area contributed by atoms with Crippen LogP contribution in [0.3, 0.4) is 0 Å². The lowest BCUT2D eigenvalue weighted by Crippen LogP contribution is -2.28.